The molecule has 0 saturated heterocycles. The van der Waals surface area contributed by atoms with E-state index >= 15 is 0 Å². The molecular formula is C11H24N2. The van der Waals surface area contributed by atoms with Gasteiger partial charge in [0, 0.05) is 0 Å². The Hall–Kier alpha value is -0.0800. The van der Waals surface area contributed by atoms with Crippen LogP contribution in [0.5, 0.6) is 0 Å². The third kappa shape index (κ3) is 4.63. The molecule has 2 heteroatoms. The molecule has 13 heavy (non-hydrogen) atoms. The second-order valence-corrected chi connectivity index (χ2v) is 4.64. The van der Waals surface area contributed by atoms with Crippen molar-refractivity contribution < 1.29 is 0 Å². The minimum atomic E-state index is 0.747. The number of nitrogens with one attached hydrogen (secondary N) is 2. The Morgan fingerprint density at radius 3 is 2.38 bits per heavy atom. The van der Waals surface area contributed by atoms with Gasteiger partial charge in [-0.25, -0.2) is 0 Å². The maximum absolute atomic E-state index is 3.55. The highest BCUT2D eigenvalue weighted by Gasteiger charge is 2.27. The monoisotopic (exact) mass is 184 g/mol. The lowest BCUT2D eigenvalue weighted by molar-refractivity contribution is 0.423. The summed E-state index contributed by atoms with van der Waals surface area (Å²) in [6, 6.07) is 0. The lowest BCUT2D eigenvalue weighted by Gasteiger charge is -2.15. The van der Waals surface area contributed by atoms with Crippen molar-refractivity contribution in [3.8, 4) is 0 Å². The summed E-state index contributed by atoms with van der Waals surface area (Å²) in [5.41, 5.74) is 0. The first kappa shape index (κ1) is 11.0. The van der Waals surface area contributed by atoms with E-state index in [1.807, 2.05) is 7.05 Å². The first-order valence-corrected chi connectivity index (χ1v) is 5.59. The van der Waals surface area contributed by atoms with Crippen molar-refractivity contribution in [2.75, 3.05) is 26.7 Å². The van der Waals surface area contributed by atoms with Gasteiger partial charge in [0.2, 0.25) is 0 Å². The summed E-state index contributed by atoms with van der Waals surface area (Å²) in [5.74, 6) is 2.67. The summed E-state index contributed by atoms with van der Waals surface area (Å²) in [6.45, 7) is 8.13. The molecule has 0 aromatic rings. The average molecular weight is 184 g/mol. The normalized spacial score (nSPS) is 21.5. The van der Waals surface area contributed by atoms with E-state index in [-0.39, 0.29) is 0 Å². The van der Waals surface area contributed by atoms with Crippen molar-refractivity contribution >= 4 is 0 Å². The van der Waals surface area contributed by atoms with Crippen LogP contribution in [0.1, 0.15) is 26.7 Å². The Balaban J connectivity index is 1.92. The van der Waals surface area contributed by atoms with Crippen LogP contribution in [0.3, 0.4) is 0 Å². The topological polar surface area (TPSA) is 24.1 Å². The lowest BCUT2D eigenvalue weighted by Crippen LogP contribution is -2.31. The molecule has 0 spiro atoms. The SMILES string of the molecule is CNCC(C)CNCC(C)C1CC1. The third-order valence-corrected chi connectivity index (χ3v) is 2.94. The molecule has 1 fully saturated rings. The largest absolute Gasteiger partial charge is 0.319 e. The molecule has 0 aromatic carbocycles. The van der Waals surface area contributed by atoms with Gasteiger partial charge in [0.05, 0.1) is 0 Å². The van der Waals surface area contributed by atoms with E-state index in [1.165, 1.54) is 19.4 Å². The van der Waals surface area contributed by atoms with Crippen LogP contribution in [0.2, 0.25) is 0 Å². The summed E-state index contributed by atoms with van der Waals surface area (Å²) < 4.78 is 0. The van der Waals surface area contributed by atoms with Crippen molar-refractivity contribution in [2.24, 2.45) is 17.8 Å². The summed E-state index contributed by atoms with van der Waals surface area (Å²) >= 11 is 0. The molecule has 0 heterocycles. The van der Waals surface area contributed by atoms with Crippen LogP contribution in [0.15, 0.2) is 0 Å². The van der Waals surface area contributed by atoms with Crippen LogP contribution < -0.4 is 10.6 Å². The van der Waals surface area contributed by atoms with E-state index < -0.39 is 0 Å². The quantitative estimate of drug-likeness (QED) is 0.626. The molecule has 0 aliphatic heterocycles. The van der Waals surface area contributed by atoms with Crippen LogP contribution in [0.25, 0.3) is 0 Å². The minimum absolute atomic E-state index is 0.747. The van der Waals surface area contributed by atoms with Crippen LogP contribution in [-0.4, -0.2) is 26.7 Å². The van der Waals surface area contributed by atoms with Gasteiger partial charge in [-0.1, -0.05) is 13.8 Å². The minimum Gasteiger partial charge on any atom is -0.319 e. The van der Waals surface area contributed by atoms with Gasteiger partial charge in [0.1, 0.15) is 0 Å². The van der Waals surface area contributed by atoms with Crippen molar-refractivity contribution in [3.05, 3.63) is 0 Å². The molecule has 1 aliphatic rings. The van der Waals surface area contributed by atoms with Crippen molar-refractivity contribution in [1.82, 2.24) is 10.6 Å². The Bertz CT molecular complexity index is 132. The van der Waals surface area contributed by atoms with E-state index in [2.05, 4.69) is 24.5 Å². The summed E-state index contributed by atoms with van der Waals surface area (Å²) in [7, 11) is 2.02. The maximum Gasteiger partial charge on any atom is -0.00109 e. The average Bonchev–Trinajstić information content (AvgIpc) is 2.86. The van der Waals surface area contributed by atoms with Gasteiger partial charge >= 0.3 is 0 Å². The summed E-state index contributed by atoms with van der Waals surface area (Å²) in [5, 5.41) is 6.75. The molecule has 1 saturated carbocycles. The Morgan fingerprint density at radius 2 is 1.85 bits per heavy atom. The number of rotatable bonds is 7. The van der Waals surface area contributed by atoms with E-state index in [0.29, 0.717) is 0 Å². The molecule has 2 unspecified atom stereocenters. The maximum atomic E-state index is 3.55. The molecule has 0 radical (unpaired) electrons. The second-order valence-electron chi connectivity index (χ2n) is 4.64. The van der Waals surface area contributed by atoms with Crippen LogP contribution in [0, 0.1) is 17.8 Å². The molecule has 2 atom stereocenters. The van der Waals surface area contributed by atoms with Crippen molar-refractivity contribution in [3.63, 3.8) is 0 Å². The summed E-state index contributed by atoms with van der Waals surface area (Å²) in [6.07, 6.45) is 2.93. The fraction of sp³-hybridized carbons (Fsp3) is 1.00. The molecule has 0 aromatic heterocycles. The Kier molecular flexibility index (Phi) is 4.74. The molecule has 2 N–H and O–H groups in total. The Morgan fingerprint density at radius 1 is 1.15 bits per heavy atom. The molecule has 78 valence electrons. The van der Waals surface area contributed by atoms with E-state index in [4.69, 9.17) is 0 Å². The number of hydrogen-bond donors (Lipinski definition) is 2. The predicted molar refractivity (Wildman–Crippen MR) is 57.8 cm³/mol. The first-order chi connectivity index (χ1) is 6.24. The number of hydrogen-bond acceptors (Lipinski definition) is 2. The van der Waals surface area contributed by atoms with E-state index in [1.54, 1.807) is 0 Å². The molecular weight excluding hydrogens is 160 g/mol. The smallest absolute Gasteiger partial charge is 0.00109 e. The van der Waals surface area contributed by atoms with Gasteiger partial charge in [-0.05, 0) is 57.3 Å². The zero-order valence-electron chi connectivity index (χ0n) is 9.27. The lowest BCUT2D eigenvalue weighted by atomic mass is 10.1. The van der Waals surface area contributed by atoms with Gasteiger partial charge < -0.3 is 10.6 Å². The second kappa shape index (κ2) is 5.61. The van der Waals surface area contributed by atoms with Gasteiger partial charge in [-0.2, -0.15) is 0 Å². The van der Waals surface area contributed by atoms with Crippen LogP contribution >= 0.6 is 0 Å². The van der Waals surface area contributed by atoms with Crippen LogP contribution in [-0.2, 0) is 0 Å². The molecule has 0 bridgehead atoms. The van der Waals surface area contributed by atoms with Gasteiger partial charge in [0.15, 0.2) is 0 Å². The molecule has 2 nitrogen and oxygen atoms in total. The van der Waals surface area contributed by atoms with Crippen molar-refractivity contribution in [2.45, 2.75) is 26.7 Å². The molecule has 1 aliphatic carbocycles. The van der Waals surface area contributed by atoms with E-state index in [0.717, 1.165) is 30.8 Å². The fourth-order valence-electron chi connectivity index (χ4n) is 1.81. The highest BCUT2D eigenvalue weighted by molar-refractivity contribution is 4.79. The fourth-order valence-corrected chi connectivity index (χ4v) is 1.81. The Labute approximate surface area is 82.5 Å². The predicted octanol–water partition coefficient (Wildman–Crippen LogP) is 1.48. The van der Waals surface area contributed by atoms with Crippen LogP contribution in [0.4, 0.5) is 0 Å². The molecule has 1 rings (SSSR count). The highest BCUT2D eigenvalue weighted by atomic mass is 14.9. The standard InChI is InChI=1S/C11H24N2/c1-9(6-12-3)7-13-8-10(2)11-4-5-11/h9-13H,4-8H2,1-3H3. The molecule has 0 amide bonds. The third-order valence-electron chi connectivity index (χ3n) is 2.94. The van der Waals surface area contributed by atoms with Gasteiger partial charge in [0.25, 0.3) is 0 Å². The van der Waals surface area contributed by atoms with Gasteiger partial charge in [-0.15, -0.1) is 0 Å². The zero-order valence-corrected chi connectivity index (χ0v) is 9.27. The first-order valence-electron chi connectivity index (χ1n) is 5.59. The van der Waals surface area contributed by atoms with Crippen molar-refractivity contribution in [1.29, 1.82) is 0 Å². The van der Waals surface area contributed by atoms with E-state index in [9.17, 15) is 0 Å². The summed E-state index contributed by atoms with van der Waals surface area (Å²) in [4.78, 5) is 0. The zero-order chi connectivity index (χ0) is 9.68. The van der Waals surface area contributed by atoms with Gasteiger partial charge in [-0.3, -0.25) is 0 Å². The highest BCUT2D eigenvalue weighted by Crippen LogP contribution is 2.35.